The van der Waals surface area contributed by atoms with Crippen LogP contribution in [0.15, 0.2) is 22.7 Å². The molecule has 0 spiro atoms. The summed E-state index contributed by atoms with van der Waals surface area (Å²) < 4.78 is 0.849. The maximum atomic E-state index is 11.3. The molecule has 5 heteroatoms. The minimum Gasteiger partial charge on any atom is -0.481 e. The van der Waals surface area contributed by atoms with E-state index < -0.39 is 11.9 Å². The number of nitrogens with one attached hydrogen (secondary N) is 1. The number of carboxylic acids is 1. The van der Waals surface area contributed by atoms with Gasteiger partial charge in [0.25, 0.3) is 0 Å². The van der Waals surface area contributed by atoms with Gasteiger partial charge in [0.2, 0.25) is 0 Å². The van der Waals surface area contributed by atoms with Gasteiger partial charge in [-0.25, -0.2) is 0 Å². The number of benzene rings is 1. The Morgan fingerprint density at radius 3 is 2.65 bits per heavy atom. The van der Waals surface area contributed by atoms with Gasteiger partial charge >= 0.3 is 5.97 Å². The molecule has 0 fully saturated rings. The van der Waals surface area contributed by atoms with Crippen LogP contribution in [-0.2, 0) is 4.79 Å². The molecular weight excluding hydrogens is 320 g/mol. The topological polar surface area (TPSA) is 73.1 Å². The van der Waals surface area contributed by atoms with E-state index >= 15 is 0 Å². The predicted octanol–water partition coefficient (Wildman–Crippen LogP) is 3.87. The van der Waals surface area contributed by atoms with Crippen molar-refractivity contribution in [2.75, 3.05) is 11.9 Å². The Labute approximate surface area is 127 Å². The molecule has 0 saturated carbocycles. The maximum absolute atomic E-state index is 11.3. The molecule has 108 valence electrons. The van der Waals surface area contributed by atoms with E-state index in [1.54, 1.807) is 18.2 Å². The van der Waals surface area contributed by atoms with Gasteiger partial charge in [0, 0.05) is 11.0 Å². The van der Waals surface area contributed by atoms with Crippen LogP contribution >= 0.6 is 15.9 Å². The number of nitrogens with zero attached hydrogens (tertiary/aromatic N) is 1. The summed E-state index contributed by atoms with van der Waals surface area (Å²) in [6, 6.07) is 7.37. The molecule has 1 atom stereocenters. The third-order valence-corrected chi connectivity index (χ3v) is 3.34. The third-order valence-electron chi connectivity index (χ3n) is 2.85. The van der Waals surface area contributed by atoms with Gasteiger partial charge in [-0.05, 0) is 30.0 Å². The highest BCUT2D eigenvalue weighted by atomic mass is 79.9. The fraction of sp³-hybridized carbons (Fsp3) is 0.467. The van der Waals surface area contributed by atoms with Gasteiger partial charge < -0.3 is 10.4 Å². The summed E-state index contributed by atoms with van der Waals surface area (Å²) in [6.45, 7) is 6.35. The molecule has 0 aliphatic heterocycles. The minimum atomic E-state index is -0.819. The van der Waals surface area contributed by atoms with Gasteiger partial charge in [-0.3, -0.25) is 4.79 Å². The highest BCUT2D eigenvalue weighted by molar-refractivity contribution is 9.10. The van der Waals surface area contributed by atoms with E-state index in [0.29, 0.717) is 24.2 Å². The number of anilines is 1. The van der Waals surface area contributed by atoms with Gasteiger partial charge in [0.15, 0.2) is 0 Å². The van der Waals surface area contributed by atoms with E-state index in [1.807, 2.05) is 20.8 Å². The zero-order valence-electron chi connectivity index (χ0n) is 11.9. The molecule has 0 saturated heterocycles. The molecule has 0 aliphatic rings. The normalized spacial score (nSPS) is 12.6. The molecule has 0 heterocycles. The summed E-state index contributed by atoms with van der Waals surface area (Å²) in [5.41, 5.74) is 1.11. The first-order valence-corrected chi connectivity index (χ1v) is 7.18. The molecule has 0 bridgehead atoms. The van der Waals surface area contributed by atoms with Crippen LogP contribution in [0.1, 0.15) is 32.8 Å². The van der Waals surface area contributed by atoms with Crippen LogP contribution in [-0.4, -0.2) is 17.6 Å². The molecule has 0 aromatic heterocycles. The second kappa shape index (κ2) is 6.76. The van der Waals surface area contributed by atoms with Crippen LogP contribution in [0.4, 0.5) is 5.69 Å². The van der Waals surface area contributed by atoms with Crippen molar-refractivity contribution in [2.45, 2.75) is 27.2 Å². The molecule has 20 heavy (non-hydrogen) atoms. The lowest BCUT2D eigenvalue weighted by Crippen LogP contribution is -2.27. The second-order valence-electron chi connectivity index (χ2n) is 5.98. The number of aliphatic carboxylic acids is 1. The third kappa shape index (κ3) is 5.22. The largest absolute Gasteiger partial charge is 0.481 e. The van der Waals surface area contributed by atoms with Crippen LogP contribution in [0.2, 0.25) is 0 Å². The fourth-order valence-electron chi connectivity index (χ4n) is 1.98. The number of nitriles is 1. The highest BCUT2D eigenvalue weighted by Crippen LogP contribution is 2.26. The van der Waals surface area contributed by atoms with Crippen molar-refractivity contribution < 1.29 is 9.90 Å². The molecule has 4 nitrogen and oxygen atoms in total. The summed E-state index contributed by atoms with van der Waals surface area (Å²) in [6.07, 6.45) is 0.575. The van der Waals surface area contributed by atoms with Crippen molar-refractivity contribution in [1.82, 2.24) is 0 Å². The Hall–Kier alpha value is -1.54. The summed E-state index contributed by atoms with van der Waals surface area (Å²) >= 11 is 3.34. The molecule has 1 aromatic carbocycles. The van der Waals surface area contributed by atoms with E-state index in [4.69, 9.17) is 5.26 Å². The molecule has 0 amide bonds. The average molecular weight is 339 g/mol. The van der Waals surface area contributed by atoms with Crippen molar-refractivity contribution in [3.8, 4) is 6.07 Å². The molecule has 0 radical (unpaired) electrons. The highest BCUT2D eigenvalue weighted by Gasteiger charge is 2.24. The standard InChI is InChI=1S/C15H19BrN2O2/c1-15(2,3)7-11(14(19)20)9-18-13-6-12(16)5-4-10(13)8-17/h4-6,11,18H,7,9H2,1-3H3,(H,19,20). The summed E-state index contributed by atoms with van der Waals surface area (Å²) in [5, 5.41) is 21.4. The van der Waals surface area contributed by atoms with E-state index in [-0.39, 0.29) is 5.41 Å². The molecule has 1 unspecified atom stereocenters. The lowest BCUT2D eigenvalue weighted by Gasteiger charge is -2.24. The Morgan fingerprint density at radius 2 is 2.15 bits per heavy atom. The van der Waals surface area contributed by atoms with E-state index in [9.17, 15) is 9.90 Å². The SMILES string of the molecule is CC(C)(C)CC(CNc1cc(Br)ccc1C#N)C(=O)O. The lowest BCUT2D eigenvalue weighted by molar-refractivity contribution is -0.142. The fourth-order valence-corrected chi connectivity index (χ4v) is 2.34. The molecule has 0 aliphatic carbocycles. The Bertz CT molecular complexity index is 530. The first-order chi connectivity index (χ1) is 9.23. The smallest absolute Gasteiger partial charge is 0.308 e. The van der Waals surface area contributed by atoms with Crippen molar-refractivity contribution in [3.05, 3.63) is 28.2 Å². The van der Waals surface area contributed by atoms with Crippen molar-refractivity contribution in [2.24, 2.45) is 11.3 Å². The number of rotatable bonds is 5. The molecule has 1 rings (SSSR count). The lowest BCUT2D eigenvalue weighted by atomic mass is 9.84. The Morgan fingerprint density at radius 1 is 1.50 bits per heavy atom. The van der Waals surface area contributed by atoms with Gasteiger partial charge in [0.05, 0.1) is 17.2 Å². The van der Waals surface area contributed by atoms with Crippen LogP contribution in [0, 0.1) is 22.7 Å². The van der Waals surface area contributed by atoms with E-state index in [2.05, 4.69) is 27.3 Å². The average Bonchev–Trinajstić information content (AvgIpc) is 2.33. The van der Waals surface area contributed by atoms with Crippen LogP contribution in [0.5, 0.6) is 0 Å². The zero-order valence-corrected chi connectivity index (χ0v) is 13.5. The number of hydrogen-bond acceptors (Lipinski definition) is 3. The summed E-state index contributed by atoms with van der Waals surface area (Å²) in [7, 11) is 0. The molecular formula is C15H19BrN2O2. The quantitative estimate of drug-likeness (QED) is 0.854. The van der Waals surface area contributed by atoms with Gasteiger partial charge in [0.1, 0.15) is 6.07 Å². The maximum Gasteiger partial charge on any atom is 0.308 e. The minimum absolute atomic E-state index is 0.0555. The van der Waals surface area contributed by atoms with Crippen molar-refractivity contribution in [3.63, 3.8) is 0 Å². The summed E-state index contributed by atoms with van der Waals surface area (Å²) in [4.78, 5) is 11.3. The molecule has 1 aromatic rings. The second-order valence-corrected chi connectivity index (χ2v) is 6.90. The van der Waals surface area contributed by atoms with E-state index in [0.717, 1.165) is 4.47 Å². The van der Waals surface area contributed by atoms with Gasteiger partial charge in [-0.1, -0.05) is 36.7 Å². The first-order valence-electron chi connectivity index (χ1n) is 6.39. The van der Waals surface area contributed by atoms with Crippen LogP contribution in [0.25, 0.3) is 0 Å². The molecule has 2 N–H and O–H groups in total. The predicted molar refractivity (Wildman–Crippen MR) is 82.5 cm³/mol. The number of carbonyl (C=O) groups is 1. The van der Waals surface area contributed by atoms with Gasteiger partial charge in [-0.2, -0.15) is 5.26 Å². The van der Waals surface area contributed by atoms with E-state index in [1.165, 1.54) is 0 Å². The Balaban J connectivity index is 2.81. The number of hydrogen-bond donors (Lipinski definition) is 2. The van der Waals surface area contributed by atoms with Crippen molar-refractivity contribution in [1.29, 1.82) is 5.26 Å². The number of halogens is 1. The number of carboxylic acid groups (broad SMARTS) is 1. The Kier molecular flexibility index (Phi) is 5.58. The zero-order chi connectivity index (χ0) is 15.3. The van der Waals surface area contributed by atoms with Crippen molar-refractivity contribution >= 4 is 27.6 Å². The van der Waals surface area contributed by atoms with Crippen LogP contribution < -0.4 is 5.32 Å². The first kappa shape index (κ1) is 16.5. The monoisotopic (exact) mass is 338 g/mol. The van der Waals surface area contributed by atoms with Crippen LogP contribution in [0.3, 0.4) is 0 Å². The summed E-state index contributed by atoms with van der Waals surface area (Å²) in [5.74, 6) is -1.30. The van der Waals surface area contributed by atoms with Gasteiger partial charge in [-0.15, -0.1) is 0 Å².